The molecule has 30 heavy (non-hydrogen) atoms. The van der Waals surface area contributed by atoms with Gasteiger partial charge in [0.25, 0.3) is 0 Å². The van der Waals surface area contributed by atoms with Gasteiger partial charge in [0.2, 0.25) is 10.0 Å². The zero-order valence-electron chi connectivity index (χ0n) is 17.6. The van der Waals surface area contributed by atoms with E-state index in [2.05, 4.69) is 0 Å². The van der Waals surface area contributed by atoms with Gasteiger partial charge in [0.1, 0.15) is 11.0 Å². The van der Waals surface area contributed by atoms with Gasteiger partial charge in [-0.05, 0) is 61.8 Å². The maximum absolute atomic E-state index is 13.4. The first-order chi connectivity index (χ1) is 14.5. The summed E-state index contributed by atoms with van der Waals surface area (Å²) in [6.07, 6.45) is 3.63. The van der Waals surface area contributed by atoms with Gasteiger partial charge in [0.15, 0.2) is 0 Å². The maximum Gasteiger partial charge on any atom is 0.221 e. The van der Waals surface area contributed by atoms with E-state index in [1.165, 1.54) is 0 Å². The zero-order valence-corrected chi connectivity index (χ0v) is 18.4. The van der Waals surface area contributed by atoms with Crippen LogP contribution in [0.3, 0.4) is 0 Å². The van der Waals surface area contributed by atoms with Crippen molar-refractivity contribution >= 4 is 10.0 Å². The molecule has 0 N–H and O–H groups in total. The highest BCUT2D eigenvalue weighted by Crippen LogP contribution is 2.38. The van der Waals surface area contributed by atoms with Crippen molar-refractivity contribution in [3.63, 3.8) is 0 Å². The molecule has 2 heterocycles. The molecule has 162 valence electrons. The normalized spacial score (nSPS) is 25.1. The van der Waals surface area contributed by atoms with Crippen LogP contribution in [0.15, 0.2) is 54.6 Å². The monoisotopic (exact) mass is 429 g/mol. The van der Waals surface area contributed by atoms with Gasteiger partial charge in [0, 0.05) is 25.8 Å². The summed E-state index contributed by atoms with van der Waals surface area (Å²) in [5.74, 6) is 1.38. The molecular formula is C24H31NO4S. The molecule has 0 aliphatic carbocycles. The largest absolute Gasteiger partial charge is 0.493 e. The van der Waals surface area contributed by atoms with E-state index in [1.807, 2.05) is 61.5 Å². The van der Waals surface area contributed by atoms with Crippen molar-refractivity contribution in [1.82, 2.24) is 4.31 Å². The van der Waals surface area contributed by atoms with Crippen molar-refractivity contribution < 1.29 is 17.9 Å². The second-order valence-electron chi connectivity index (χ2n) is 8.43. The average molecular weight is 430 g/mol. The highest BCUT2D eigenvalue weighted by Gasteiger charge is 2.40. The van der Waals surface area contributed by atoms with Crippen LogP contribution in [0, 0.1) is 5.92 Å². The van der Waals surface area contributed by atoms with Gasteiger partial charge in [-0.1, -0.05) is 42.5 Å². The molecule has 0 bridgehead atoms. The predicted molar refractivity (Wildman–Crippen MR) is 118 cm³/mol. The van der Waals surface area contributed by atoms with Crippen LogP contribution in [-0.2, 0) is 21.3 Å². The van der Waals surface area contributed by atoms with Crippen LogP contribution in [0.25, 0.3) is 0 Å². The molecule has 0 aromatic heterocycles. The highest BCUT2D eigenvalue weighted by molar-refractivity contribution is 7.89. The van der Waals surface area contributed by atoms with Crippen LogP contribution >= 0.6 is 0 Å². The lowest BCUT2D eigenvalue weighted by Gasteiger charge is -2.37. The molecule has 0 radical (unpaired) electrons. The Labute approximate surface area is 180 Å². The van der Waals surface area contributed by atoms with Crippen LogP contribution in [0.1, 0.15) is 49.0 Å². The van der Waals surface area contributed by atoms with Crippen LogP contribution in [0.2, 0.25) is 0 Å². The van der Waals surface area contributed by atoms with E-state index in [9.17, 15) is 8.42 Å². The van der Waals surface area contributed by atoms with Gasteiger partial charge in [-0.3, -0.25) is 0 Å². The van der Waals surface area contributed by atoms with Crippen molar-refractivity contribution in [3.05, 3.63) is 65.7 Å². The second kappa shape index (κ2) is 9.50. The van der Waals surface area contributed by atoms with Gasteiger partial charge in [0.05, 0.1) is 6.61 Å². The van der Waals surface area contributed by atoms with E-state index in [1.54, 1.807) is 4.31 Å². The molecule has 2 atom stereocenters. The Hall–Kier alpha value is -1.89. The molecule has 2 aliphatic rings. The number of sulfonamides is 1. The SMILES string of the molecule is C[C@H]1CCC(c2ccccc2)S(=O)(=O)N1Cc1ccc(OCC2CCOCC2)cc1. The molecule has 6 heteroatoms. The predicted octanol–water partition coefficient (Wildman–Crippen LogP) is 4.55. The number of benzene rings is 2. The minimum Gasteiger partial charge on any atom is -0.493 e. The van der Waals surface area contributed by atoms with Gasteiger partial charge in [-0.15, -0.1) is 0 Å². The fourth-order valence-electron chi connectivity index (χ4n) is 4.35. The summed E-state index contributed by atoms with van der Waals surface area (Å²) in [7, 11) is -3.41. The summed E-state index contributed by atoms with van der Waals surface area (Å²) in [6.45, 7) is 4.75. The van der Waals surface area contributed by atoms with Crippen LogP contribution in [-0.4, -0.2) is 38.6 Å². The standard InChI is InChI=1S/C24H31NO4S/c1-19-7-12-24(22-5-3-2-4-6-22)30(26,27)25(19)17-20-8-10-23(11-9-20)29-18-21-13-15-28-16-14-21/h2-6,8-11,19,21,24H,7,12-18H2,1H3/t19-,24?/m0/s1. The number of rotatable bonds is 6. The number of hydrogen-bond acceptors (Lipinski definition) is 4. The molecular weight excluding hydrogens is 398 g/mol. The van der Waals surface area contributed by atoms with Crippen molar-refractivity contribution in [2.45, 2.75) is 50.4 Å². The third-order valence-corrected chi connectivity index (χ3v) is 8.65. The summed E-state index contributed by atoms with van der Waals surface area (Å²) < 4.78 is 39.7. The minimum atomic E-state index is -3.41. The van der Waals surface area contributed by atoms with E-state index in [0.717, 1.165) is 49.4 Å². The van der Waals surface area contributed by atoms with Gasteiger partial charge < -0.3 is 9.47 Å². The van der Waals surface area contributed by atoms with Gasteiger partial charge in [-0.25, -0.2) is 8.42 Å². The Kier molecular flexibility index (Phi) is 6.76. The molecule has 2 aliphatic heterocycles. The van der Waals surface area contributed by atoms with E-state index in [4.69, 9.17) is 9.47 Å². The van der Waals surface area contributed by atoms with Crippen LogP contribution in [0.4, 0.5) is 0 Å². The molecule has 1 unspecified atom stereocenters. The maximum atomic E-state index is 13.4. The molecule has 0 spiro atoms. The lowest BCUT2D eigenvalue weighted by molar-refractivity contribution is 0.0497. The summed E-state index contributed by atoms with van der Waals surface area (Å²) in [4.78, 5) is 0. The Morgan fingerprint density at radius 1 is 0.967 bits per heavy atom. The van der Waals surface area contributed by atoms with Crippen LogP contribution in [0.5, 0.6) is 5.75 Å². The first kappa shape index (κ1) is 21.3. The minimum absolute atomic E-state index is 0.000547. The molecule has 5 nitrogen and oxygen atoms in total. The van der Waals surface area contributed by atoms with Crippen LogP contribution < -0.4 is 4.74 Å². The fraction of sp³-hybridized carbons (Fsp3) is 0.500. The molecule has 4 rings (SSSR count). The first-order valence-electron chi connectivity index (χ1n) is 10.9. The fourth-order valence-corrected chi connectivity index (χ4v) is 6.55. The Morgan fingerprint density at radius 2 is 1.67 bits per heavy atom. The molecule has 2 aromatic carbocycles. The third-order valence-electron chi connectivity index (χ3n) is 6.28. The van der Waals surface area contributed by atoms with Gasteiger partial charge >= 0.3 is 0 Å². The molecule has 0 amide bonds. The number of nitrogens with zero attached hydrogens (tertiary/aromatic N) is 1. The lowest BCUT2D eigenvalue weighted by atomic mass is 10.0. The van der Waals surface area contributed by atoms with E-state index < -0.39 is 15.3 Å². The Bertz CT molecular complexity index is 908. The lowest BCUT2D eigenvalue weighted by Crippen LogP contribution is -2.44. The summed E-state index contributed by atoms with van der Waals surface area (Å²) in [6, 6.07) is 17.4. The summed E-state index contributed by atoms with van der Waals surface area (Å²) in [5.41, 5.74) is 1.86. The quantitative estimate of drug-likeness (QED) is 0.676. The molecule has 2 saturated heterocycles. The zero-order chi connectivity index (χ0) is 21.0. The van der Waals surface area contributed by atoms with E-state index in [0.29, 0.717) is 25.5 Å². The molecule has 0 saturated carbocycles. The van der Waals surface area contributed by atoms with E-state index >= 15 is 0 Å². The Balaban J connectivity index is 1.42. The summed E-state index contributed by atoms with van der Waals surface area (Å²) in [5, 5.41) is -0.461. The Morgan fingerprint density at radius 3 is 2.37 bits per heavy atom. The van der Waals surface area contributed by atoms with Crippen molar-refractivity contribution in [2.75, 3.05) is 19.8 Å². The topological polar surface area (TPSA) is 55.8 Å². The van der Waals surface area contributed by atoms with Crippen molar-refractivity contribution in [3.8, 4) is 5.75 Å². The highest BCUT2D eigenvalue weighted by atomic mass is 32.2. The van der Waals surface area contributed by atoms with Crippen molar-refractivity contribution in [1.29, 1.82) is 0 Å². The van der Waals surface area contributed by atoms with E-state index in [-0.39, 0.29) is 6.04 Å². The first-order valence-corrected chi connectivity index (χ1v) is 12.4. The number of hydrogen-bond donors (Lipinski definition) is 0. The van der Waals surface area contributed by atoms with Crippen molar-refractivity contribution in [2.24, 2.45) is 5.92 Å². The molecule has 2 aromatic rings. The second-order valence-corrected chi connectivity index (χ2v) is 10.5. The molecule has 2 fully saturated rings. The summed E-state index contributed by atoms with van der Waals surface area (Å²) >= 11 is 0. The number of ether oxygens (including phenoxy) is 2. The average Bonchev–Trinajstić information content (AvgIpc) is 2.77. The third kappa shape index (κ3) is 4.88. The smallest absolute Gasteiger partial charge is 0.221 e. The van der Waals surface area contributed by atoms with Gasteiger partial charge in [-0.2, -0.15) is 4.31 Å².